The van der Waals surface area contributed by atoms with Crippen LogP contribution >= 0.6 is 11.3 Å². The van der Waals surface area contributed by atoms with Crippen LogP contribution in [-0.2, 0) is 9.59 Å². The van der Waals surface area contributed by atoms with Crippen molar-refractivity contribution in [2.75, 3.05) is 13.7 Å². The molecule has 104 valence electrons. The van der Waals surface area contributed by atoms with Gasteiger partial charge in [0.05, 0.1) is 6.42 Å². The van der Waals surface area contributed by atoms with Crippen molar-refractivity contribution in [2.24, 2.45) is 0 Å². The highest BCUT2D eigenvalue weighted by Gasteiger charge is 2.37. The van der Waals surface area contributed by atoms with Crippen LogP contribution in [0.1, 0.15) is 21.7 Å². The number of likely N-dealkylation sites (N-methyl/N-ethyl adjacent to an activating group) is 1. The number of amides is 3. The number of carbonyl (C=O) groups is 3. The molecule has 0 spiro atoms. The summed E-state index contributed by atoms with van der Waals surface area (Å²) in [7, 11) is 1.39. The van der Waals surface area contributed by atoms with Gasteiger partial charge in [-0.05, 0) is 11.4 Å². The van der Waals surface area contributed by atoms with Crippen LogP contribution in [0.15, 0.2) is 11.4 Å². The summed E-state index contributed by atoms with van der Waals surface area (Å²) in [6, 6.07) is 0.844. The Balaban J connectivity index is 2.12. The van der Waals surface area contributed by atoms with Crippen LogP contribution in [0.5, 0.6) is 0 Å². The number of hydrogen-bond donors (Lipinski definition) is 2. The second-order valence-corrected chi connectivity index (χ2v) is 5.06. The number of nitrogens with one attached hydrogen (secondary N) is 1. The summed E-state index contributed by atoms with van der Waals surface area (Å²) in [5.74, 6) is 3.96. The molecule has 0 bridgehead atoms. The van der Waals surface area contributed by atoms with E-state index in [1.165, 1.54) is 18.4 Å². The molecule has 1 aliphatic heterocycles. The molecule has 1 atom stereocenters. The van der Waals surface area contributed by atoms with E-state index in [0.717, 1.165) is 4.90 Å². The molecule has 20 heavy (non-hydrogen) atoms. The van der Waals surface area contributed by atoms with Gasteiger partial charge in [-0.25, -0.2) is 0 Å². The fourth-order valence-corrected chi connectivity index (χ4v) is 2.56. The van der Waals surface area contributed by atoms with Gasteiger partial charge >= 0.3 is 0 Å². The van der Waals surface area contributed by atoms with E-state index in [-0.39, 0.29) is 18.9 Å². The van der Waals surface area contributed by atoms with Crippen LogP contribution in [0.4, 0.5) is 0 Å². The van der Waals surface area contributed by atoms with Gasteiger partial charge in [-0.1, -0.05) is 11.8 Å². The third-order valence-electron chi connectivity index (χ3n) is 2.86. The predicted octanol–water partition coefficient (Wildman–Crippen LogP) is -0.421. The van der Waals surface area contributed by atoms with Crippen molar-refractivity contribution in [1.82, 2.24) is 10.2 Å². The molecule has 7 heteroatoms. The van der Waals surface area contributed by atoms with Crippen molar-refractivity contribution in [3.05, 3.63) is 21.9 Å². The Morgan fingerprint density at radius 3 is 2.95 bits per heavy atom. The Bertz CT molecular complexity index is 626. The Morgan fingerprint density at radius 1 is 1.60 bits per heavy atom. The van der Waals surface area contributed by atoms with Crippen molar-refractivity contribution >= 4 is 29.1 Å². The van der Waals surface area contributed by atoms with Crippen LogP contribution in [0, 0.1) is 11.8 Å². The summed E-state index contributed by atoms with van der Waals surface area (Å²) in [5, 5.41) is 12.9. The van der Waals surface area contributed by atoms with Crippen LogP contribution in [0.2, 0.25) is 0 Å². The molecular weight excluding hydrogens is 280 g/mol. The van der Waals surface area contributed by atoms with E-state index in [0.29, 0.717) is 10.4 Å². The first-order chi connectivity index (χ1) is 9.54. The lowest BCUT2D eigenvalue weighted by Gasteiger charge is -2.10. The zero-order valence-electron chi connectivity index (χ0n) is 10.7. The van der Waals surface area contributed by atoms with Crippen molar-refractivity contribution in [3.8, 4) is 11.8 Å². The lowest BCUT2D eigenvalue weighted by molar-refractivity contribution is -0.137. The average Bonchev–Trinajstić information content (AvgIpc) is 2.98. The van der Waals surface area contributed by atoms with E-state index < -0.39 is 17.9 Å². The largest absolute Gasteiger partial charge is 0.384 e. The fraction of sp³-hybridized carbons (Fsp3) is 0.308. The number of thiophene rings is 1. The van der Waals surface area contributed by atoms with Crippen LogP contribution in [-0.4, -0.2) is 47.4 Å². The maximum Gasteiger partial charge on any atom is 0.263 e. The Kier molecular flexibility index (Phi) is 4.17. The number of nitrogens with zero attached hydrogens (tertiary/aromatic N) is 1. The van der Waals surface area contributed by atoms with E-state index in [2.05, 4.69) is 17.2 Å². The van der Waals surface area contributed by atoms with Gasteiger partial charge < -0.3 is 10.4 Å². The molecular formula is C13H12N2O4S. The molecule has 1 fully saturated rings. The van der Waals surface area contributed by atoms with E-state index >= 15 is 0 Å². The first kappa shape index (κ1) is 14.2. The molecule has 3 amide bonds. The minimum Gasteiger partial charge on any atom is -0.384 e. The number of imide groups is 1. The molecule has 0 radical (unpaired) electrons. The highest BCUT2D eigenvalue weighted by atomic mass is 32.1. The molecule has 0 saturated carbocycles. The number of aliphatic hydroxyl groups excluding tert-OH is 1. The molecule has 1 saturated heterocycles. The van der Waals surface area contributed by atoms with Gasteiger partial charge in [0.15, 0.2) is 0 Å². The molecule has 1 aromatic rings. The average molecular weight is 292 g/mol. The normalized spacial score (nSPS) is 17.9. The monoisotopic (exact) mass is 292 g/mol. The molecule has 2 N–H and O–H groups in total. The van der Waals surface area contributed by atoms with Crippen molar-refractivity contribution in [2.45, 2.75) is 12.5 Å². The zero-order chi connectivity index (χ0) is 14.7. The van der Waals surface area contributed by atoms with Gasteiger partial charge in [-0.2, -0.15) is 0 Å². The lowest BCUT2D eigenvalue weighted by atomic mass is 10.2. The summed E-state index contributed by atoms with van der Waals surface area (Å²) in [6.07, 6.45) is -0.0237. The quantitative estimate of drug-likeness (QED) is 0.572. The summed E-state index contributed by atoms with van der Waals surface area (Å²) in [6.45, 7) is -0.294. The molecule has 6 nitrogen and oxygen atoms in total. The molecule has 0 aromatic carbocycles. The van der Waals surface area contributed by atoms with Crippen molar-refractivity contribution in [1.29, 1.82) is 0 Å². The van der Waals surface area contributed by atoms with E-state index in [1.807, 2.05) is 0 Å². The highest BCUT2D eigenvalue weighted by molar-refractivity contribution is 7.12. The molecule has 1 aliphatic rings. The molecule has 0 aliphatic carbocycles. The standard InChI is InChI=1S/C13H12N2O4S/c1-15-10(17)7-9(13(15)19)14-12(18)11-8(3-2-5-16)4-6-20-11/h4,6,9,16H,5,7H2,1H3,(H,14,18). The second-order valence-electron chi connectivity index (χ2n) is 4.14. The number of hydrogen-bond acceptors (Lipinski definition) is 5. The van der Waals surface area contributed by atoms with Crippen molar-refractivity contribution in [3.63, 3.8) is 0 Å². The van der Waals surface area contributed by atoms with Gasteiger partial charge in [0.1, 0.15) is 17.5 Å². The third kappa shape index (κ3) is 2.71. The Labute approximate surface area is 119 Å². The number of aliphatic hydroxyl groups is 1. The van der Waals surface area contributed by atoms with Gasteiger partial charge in [0.25, 0.3) is 11.8 Å². The Hall–Kier alpha value is -2.17. The first-order valence-corrected chi connectivity index (χ1v) is 6.71. The molecule has 2 rings (SSSR count). The fourth-order valence-electron chi connectivity index (χ4n) is 1.81. The second kappa shape index (κ2) is 5.86. The first-order valence-electron chi connectivity index (χ1n) is 5.83. The Morgan fingerprint density at radius 2 is 2.35 bits per heavy atom. The molecule has 2 heterocycles. The predicted molar refractivity (Wildman–Crippen MR) is 71.9 cm³/mol. The van der Waals surface area contributed by atoms with Gasteiger partial charge in [0, 0.05) is 12.6 Å². The van der Waals surface area contributed by atoms with Crippen molar-refractivity contribution < 1.29 is 19.5 Å². The van der Waals surface area contributed by atoms with E-state index in [4.69, 9.17) is 5.11 Å². The minimum atomic E-state index is -0.819. The molecule has 1 aromatic heterocycles. The van der Waals surface area contributed by atoms with Crippen LogP contribution < -0.4 is 5.32 Å². The summed E-state index contributed by atoms with van der Waals surface area (Å²) < 4.78 is 0. The van der Waals surface area contributed by atoms with Crippen LogP contribution in [0.25, 0.3) is 0 Å². The number of rotatable bonds is 2. The summed E-state index contributed by atoms with van der Waals surface area (Å²) in [4.78, 5) is 36.5. The number of carbonyl (C=O) groups excluding carboxylic acids is 3. The third-order valence-corrected chi connectivity index (χ3v) is 3.77. The minimum absolute atomic E-state index is 0.0237. The smallest absolute Gasteiger partial charge is 0.263 e. The topological polar surface area (TPSA) is 86.7 Å². The lowest BCUT2D eigenvalue weighted by Crippen LogP contribution is -2.40. The van der Waals surface area contributed by atoms with Gasteiger partial charge in [-0.3, -0.25) is 19.3 Å². The number of likely N-dealkylation sites (tertiary alicyclic amines) is 1. The summed E-state index contributed by atoms with van der Waals surface area (Å²) >= 11 is 1.19. The molecule has 1 unspecified atom stereocenters. The maximum atomic E-state index is 12.1. The zero-order valence-corrected chi connectivity index (χ0v) is 11.5. The van der Waals surface area contributed by atoms with Gasteiger partial charge in [0.2, 0.25) is 5.91 Å². The SMILES string of the molecule is CN1C(=O)CC(NC(=O)c2sccc2C#CCO)C1=O. The maximum absolute atomic E-state index is 12.1. The van der Waals surface area contributed by atoms with E-state index in [1.54, 1.807) is 11.4 Å². The van der Waals surface area contributed by atoms with E-state index in [9.17, 15) is 14.4 Å². The van der Waals surface area contributed by atoms with Gasteiger partial charge in [-0.15, -0.1) is 11.3 Å². The summed E-state index contributed by atoms with van der Waals surface area (Å²) in [5.41, 5.74) is 0.492. The highest BCUT2D eigenvalue weighted by Crippen LogP contribution is 2.17. The van der Waals surface area contributed by atoms with Crippen LogP contribution in [0.3, 0.4) is 0 Å².